The van der Waals surface area contributed by atoms with Crippen molar-refractivity contribution in [1.82, 2.24) is 0 Å². The molecule has 0 N–H and O–H groups in total. The quantitative estimate of drug-likeness (QED) is 0.0263. The van der Waals surface area contributed by atoms with Crippen molar-refractivity contribution in [3.63, 3.8) is 0 Å². The third kappa shape index (κ3) is 46.9. The minimum absolute atomic E-state index is 0.0710. The molecule has 0 bridgehead atoms. The molecule has 0 aliphatic rings. The first kappa shape index (κ1) is 57.9. The van der Waals surface area contributed by atoms with Crippen LogP contribution in [0.5, 0.6) is 0 Å². The normalized spacial score (nSPS) is 12.1. The van der Waals surface area contributed by atoms with Gasteiger partial charge in [-0.25, -0.2) is 0 Å². The van der Waals surface area contributed by atoms with E-state index in [0.717, 1.165) is 64.2 Å². The molecule has 0 amide bonds. The fourth-order valence-corrected chi connectivity index (χ4v) is 7.65. The predicted octanol–water partition coefficient (Wildman–Crippen LogP) is 17.2. The molecule has 0 aromatic rings. The Bertz CT molecular complexity index is 973. The lowest BCUT2D eigenvalue weighted by molar-refractivity contribution is -0.167. The SMILES string of the molecule is CCCC/C=C\CCCCCCCC(=O)OC[C@H](COC(=O)CCCCCCCCCCCCCC)OC(=O)CCCCCCCCCCC/C=C\CCCCCCCC. The van der Waals surface area contributed by atoms with Gasteiger partial charge in [-0.15, -0.1) is 0 Å². The first-order chi connectivity index (χ1) is 29.5. The summed E-state index contributed by atoms with van der Waals surface area (Å²) in [5, 5.41) is 0. The van der Waals surface area contributed by atoms with Crippen LogP contribution >= 0.6 is 0 Å². The van der Waals surface area contributed by atoms with E-state index in [1.165, 1.54) is 180 Å². The average molecular weight is 845 g/mol. The number of allylic oxidation sites excluding steroid dienone is 4. The fourth-order valence-electron chi connectivity index (χ4n) is 7.65. The molecule has 0 rings (SSSR count). The molecule has 1 atom stereocenters. The van der Waals surface area contributed by atoms with E-state index in [1.807, 2.05) is 0 Å². The summed E-state index contributed by atoms with van der Waals surface area (Å²) in [7, 11) is 0. The number of esters is 3. The molecule has 0 aromatic carbocycles. The Balaban J connectivity index is 4.30. The van der Waals surface area contributed by atoms with Crippen molar-refractivity contribution in [3.05, 3.63) is 24.3 Å². The van der Waals surface area contributed by atoms with Gasteiger partial charge in [-0.3, -0.25) is 14.4 Å². The van der Waals surface area contributed by atoms with Crippen molar-refractivity contribution in [2.45, 2.75) is 290 Å². The van der Waals surface area contributed by atoms with Crippen LogP contribution in [0.4, 0.5) is 0 Å². The van der Waals surface area contributed by atoms with Crippen LogP contribution in [0.25, 0.3) is 0 Å². The molecule has 0 radical (unpaired) electrons. The van der Waals surface area contributed by atoms with Crippen molar-refractivity contribution in [2.75, 3.05) is 13.2 Å². The molecule has 6 heteroatoms. The summed E-state index contributed by atoms with van der Waals surface area (Å²) in [5.74, 6) is -0.871. The molecule has 0 saturated carbocycles. The molecule has 0 aromatic heterocycles. The molecule has 0 fully saturated rings. The summed E-state index contributed by atoms with van der Waals surface area (Å²) in [6, 6.07) is 0. The second-order valence-corrected chi connectivity index (χ2v) is 17.8. The number of ether oxygens (including phenoxy) is 3. The van der Waals surface area contributed by atoms with Gasteiger partial charge in [0.2, 0.25) is 0 Å². The van der Waals surface area contributed by atoms with E-state index in [9.17, 15) is 14.4 Å². The minimum atomic E-state index is -0.770. The van der Waals surface area contributed by atoms with Gasteiger partial charge in [0.15, 0.2) is 6.10 Å². The average Bonchev–Trinajstić information content (AvgIpc) is 3.24. The monoisotopic (exact) mass is 845 g/mol. The fraction of sp³-hybridized carbons (Fsp3) is 0.870. The number of hydrogen-bond donors (Lipinski definition) is 0. The Morgan fingerprint density at radius 2 is 0.567 bits per heavy atom. The maximum absolute atomic E-state index is 12.8. The van der Waals surface area contributed by atoms with Gasteiger partial charge < -0.3 is 14.2 Å². The molecular formula is C54H100O6. The van der Waals surface area contributed by atoms with Crippen LogP contribution in [-0.4, -0.2) is 37.2 Å². The van der Waals surface area contributed by atoms with E-state index < -0.39 is 6.10 Å². The van der Waals surface area contributed by atoms with Crippen LogP contribution in [-0.2, 0) is 28.6 Å². The highest BCUT2D eigenvalue weighted by molar-refractivity contribution is 5.71. The summed E-state index contributed by atoms with van der Waals surface area (Å²) in [5.41, 5.74) is 0. The molecule has 0 heterocycles. The largest absolute Gasteiger partial charge is 0.462 e. The predicted molar refractivity (Wildman–Crippen MR) is 256 cm³/mol. The molecule has 0 saturated heterocycles. The maximum atomic E-state index is 12.8. The highest BCUT2D eigenvalue weighted by Gasteiger charge is 2.19. The van der Waals surface area contributed by atoms with Gasteiger partial charge in [-0.05, 0) is 64.2 Å². The van der Waals surface area contributed by atoms with Gasteiger partial charge in [0, 0.05) is 19.3 Å². The Labute approximate surface area is 373 Å². The summed E-state index contributed by atoms with van der Waals surface area (Å²) in [6.07, 6.45) is 55.9. The standard InChI is InChI=1S/C54H100O6/c1-4-7-10-13-16-19-22-24-25-26-27-28-29-30-33-36-39-42-45-48-54(57)60-51(49-58-52(55)46-43-40-37-34-31-21-18-15-12-9-6-3)50-59-53(56)47-44-41-38-35-32-23-20-17-14-11-8-5-2/h15,18,24-25,51H,4-14,16-17,19-23,26-50H2,1-3H3/b18-15-,25-24-/t51-/m1/s1. The molecule has 60 heavy (non-hydrogen) atoms. The van der Waals surface area contributed by atoms with Crippen LogP contribution in [0.2, 0.25) is 0 Å². The second kappa shape index (κ2) is 49.5. The highest BCUT2D eigenvalue weighted by atomic mass is 16.6. The van der Waals surface area contributed by atoms with E-state index in [0.29, 0.717) is 19.3 Å². The van der Waals surface area contributed by atoms with E-state index in [2.05, 4.69) is 45.1 Å². The third-order valence-corrected chi connectivity index (χ3v) is 11.7. The van der Waals surface area contributed by atoms with Gasteiger partial charge in [-0.1, -0.05) is 225 Å². The van der Waals surface area contributed by atoms with Crippen LogP contribution in [0.15, 0.2) is 24.3 Å². The zero-order valence-electron chi connectivity index (χ0n) is 40.2. The van der Waals surface area contributed by atoms with Crippen LogP contribution in [0, 0.1) is 0 Å². The molecule has 0 aliphatic heterocycles. The minimum Gasteiger partial charge on any atom is -0.462 e. The van der Waals surface area contributed by atoms with E-state index >= 15 is 0 Å². The molecule has 0 aliphatic carbocycles. The van der Waals surface area contributed by atoms with Gasteiger partial charge >= 0.3 is 17.9 Å². The Morgan fingerprint density at radius 1 is 0.317 bits per heavy atom. The summed E-state index contributed by atoms with van der Waals surface area (Å²) < 4.78 is 16.8. The molecule has 0 spiro atoms. The van der Waals surface area contributed by atoms with Crippen molar-refractivity contribution >= 4 is 17.9 Å². The number of unbranched alkanes of at least 4 members (excludes halogenated alkanes) is 33. The number of carbonyl (C=O) groups excluding carboxylic acids is 3. The molecule has 0 unspecified atom stereocenters. The number of carbonyl (C=O) groups is 3. The molecule has 6 nitrogen and oxygen atoms in total. The highest BCUT2D eigenvalue weighted by Crippen LogP contribution is 2.16. The lowest BCUT2D eigenvalue weighted by Crippen LogP contribution is -2.30. The Morgan fingerprint density at radius 3 is 0.883 bits per heavy atom. The molecular weight excluding hydrogens is 745 g/mol. The Kier molecular flexibility index (Phi) is 47.8. The van der Waals surface area contributed by atoms with Crippen LogP contribution in [0.3, 0.4) is 0 Å². The van der Waals surface area contributed by atoms with Gasteiger partial charge in [-0.2, -0.15) is 0 Å². The van der Waals surface area contributed by atoms with Crippen molar-refractivity contribution in [1.29, 1.82) is 0 Å². The van der Waals surface area contributed by atoms with E-state index in [4.69, 9.17) is 14.2 Å². The first-order valence-electron chi connectivity index (χ1n) is 26.3. The maximum Gasteiger partial charge on any atom is 0.306 e. The van der Waals surface area contributed by atoms with Crippen LogP contribution in [0.1, 0.15) is 284 Å². The second-order valence-electron chi connectivity index (χ2n) is 17.8. The molecule has 352 valence electrons. The smallest absolute Gasteiger partial charge is 0.306 e. The van der Waals surface area contributed by atoms with Crippen molar-refractivity contribution < 1.29 is 28.6 Å². The first-order valence-corrected chi connectivity index (χ1v) is 26.3. The lowest BCUT2D eigenvalue weighted by atomic mass is 10.0. The Hall–Kier alpha value is -2.11. The third-order valence-electron chi connectivity index (χ3n) is 11.7. The zero-order valence-corrected chi connectivity index (χ0v) is 40.2. The lowest BCUT2D eigenvalue weighted by Gasteiger charge is -2.18. The van der Waals surface area contributed by atoms with Crippen molar-refractivity contribution in [3.8, 4) is 0 Å². The van der Waals surface area contributed by atoms with Crippen molar-refractivity contribution in [2.24, 2.45) is 0 Å². The summed E-state index contributed by atoms with van der Waals surface area (Å²) in [4.78, 5) is 37.9. The van der Waals surface area contributed by atoms with Gasteiger partial charge in [0.25, 0.3) is 0 Å². The van der Waals surface area contributed by atoms with Gasteiger partial charge in [0.1, 0.15) is 13.2 Å². The van der Waals surface area contributed by atoms with E-state index in [-0.39, 0.29) is 31.1 Å². The van der Waals surface area contributed by atoms with E-state index in [1.54, 1.807) is 0 Å². The van der Waals surface area contributed by atoms with Gasteiger partial charge in [0.05, 0.1) is 0 Å². The zero-order chi connectivity index (χ0) is 43.7. The number of hydrogen-bond acceptors (Lipinski definition) is 6. The summed E-state index contributed by atoms with van der Waals surface area (Å²) >= 11 is 0. The number of rotatable bonds is 48. The summed E-state index contributed by atoms with van der Waals surface area (Å²) in [6.45, 7) is 6.61. The topological polar surface area (TPSA) is 78.9 Å². The van der Waals surface area contributed by atoms with Crippen LogP contribution < -0.4 is 0 Å².